The van der Waals surface area contributed by atoms with E-state index in [1.165, 1.54) is 6.42 Å². The Balaban J connectivity index is 2.38. The molecule has 0 fully saturated rings. The van der Waals surface area contributed by atoms with Crippen molar-refractivity contribution >= 4 is 0 Å². The summed E-state index contributed by atoms with van der Waals surface area (Å²) in [6, 6.07) is 0. The van der Waals surface area contributed by atoms with E-state index in [-0.39, 0.29) is 6.10 Å². The monoisotopic (exact) mass is 186 g/mol. The summed E-state index contributed by atoms with van der Waals surface area (Å²) < 4.78 is 5.10. The molecule has 2 atom stereocenters. The van der Waals surface area contributed by atoms with E-state index in [0.29, 0.717) is 0 Å². The molecule has 1 heterocycles. The fraction of sp³-hybridized carbons (Fsp3) is 0.800. The number of unbranched alkanes of at least 4 members (excludes halogenated alkanes) is 1. The number of rotatable bonds is 4. The van der Waals surface area contributed by atoms with Crippen LogP contribution in [-0.4, -0.2) is 19.0 Å². The first kappa shape index (κ1) is 10.7. The number of hydrogen-bond donors (Lipinski definition) is 0. The van der Waals surface area contributed by atoms with Crippen LogP contribution < -0.4 is 0 Å². The van der Waals surface area contributed by atoms with E-state index in [4.69, 9.17) is 14.5 Å². The minimum atomic E-state index is -0.706. The molecule has 0 aromatic heterocycles. The van der Waals surface area contributed by atoms with Crippen LogP contribution in [0.2, 0.25) is 0 Å². The average molecular weight is 186 g/mol. The number of ether oxygens (including phenoxy) is 1. The summed E-state index contributed by atoms with van der Waals surface area (Å²) in [7, 11) is 1.60. The van der Waals surface area contributed by atoms with Gasteiger partial charge in [-0.05, 0) is 19.4 Å². The summed E-state index contributed by atoms with van der Waals surface area (Å²) in [6.45, 7) is 3.98. The van der Waals surface area contributed by atoms with Crippen LogP contribution in [-0.2, 0) is 14.5 Å². The maximum atomic E-state index is 5.17. The van der Waals surface area contributed by atoms with Crippen molar-refractivity contribution in [1.29, 1.82) is 0 Å². The van der Waals surface area contributed by atoms with E-state index in [1.54, 1.807) is 7.11 Å². The lowest BCUT2D eigenvalue weighted by molar-refractivity contribution is -0.422. The van der Waals surface area contributed by atoms with E-state index in [1.807, 2.05) is 19.1 Å². The Bertz CT molecular complexity index is 179. The Morgan fingerprint density at radius 1 is 1.54 bits per heavy atom. The highest BCUT2D eigenvalue weighted by molar-refractivity contribution is 4.99. The normalized spacial score (nSPS) is 33.6. The van der Waals surface area contributed by atoms with E-state index in [9.17, 15) is 0 Å². The Labute approximate surface area is 79.6 Å². The molecule has 3 nitrogen and oxygen atoms in total. The van der Waals surface area contributed by atoms with Gasteiger partial charge in [0.15, 0.2) is 0 Å². The predicted molar refractivity (Wildman–Crippen MR) is 50.0 cm³/mol. The lowest BCUT2D eigenvalue weighted by Gasteiger charge is -2.29. The SMILES string of the molecule is CCCC[C@H]1C=C[C@](C)(OC)OO1. The number of hydrogen-bond acceptors (Lipinski definition) is 3. The van der Waals surface area contributed by atoms with Crippen LogP contribution in [0.1, 0.15) is 33.1 Å². The van der Waals surface area contributed by atoms with E-state index < -0.39 is 5.79 Å². The van der Waals surface area contributed by atoms with Crippen molar-refractivity contribution < 1.29 is 14.5 Å². The van der Waals surface area contributed by atoms with Crippen molar-refractivity contribution in [3.05, 3.63) is 12.2 Å². The smallest absolute Gasteiger partial charge is 0.217 e. The summed E-state index contributed by atoms with van der Waals surface area (Å²) in [6.07, 6.45) is 7.33. The minimum Gasteiger partial charge on any atom is -0.348 e. The first-order valence-electron chi connectivity index (χ1n) is 4.79. The Morgan fingerprint density at radius 3 is 2.77 bits per heavy atom. The van der Waals surface area contributed by atoms with Gasteiger partial charge in [0, 0.05) is 7.11 Å². The highest BCUT2D eigenvalue weighted by atomic mass is 17.2. The lowest BCUT2D eigenvalue weighted by Crippen LogP contribution is -2.34. The van der Waals surface area contributed by atoms with Gasteiger partial charge in [0.05, 0.1) is 0 Å². The topological polar surface area (TPSA) is 27.7 Å². The maximum Gasteiger partial charge on any atom is 0.217 e. The van der Waals surface area contributed by atoms with Crippen molar-refractivity contribution in [1.82, 2.24) is 0 Å². The molecule has 0 N–H and O–H groups in total. The second-order valence-corrected chi connectivity index (χ2v) is 3.44. The van der Waals surface area contributed by atoms with Gasteiger partial charge in [-0.1, -0.05) is 25.8 Å². The largest absolute Gasteiger partial charge is 0.348 e. The maximum absolute atomic E-state index is 5.17. The van der Waals surface area contributed by atoms with Crippen LogP contribution in [0, 0.1) is 0 Å². The molecule has 0 saturated heterocycles. The summed E-state index contributed by atoms with van der Waals surface area (Å²) in [5.74, 6) is -0.706. The molecule has 0 unspecified atom stereocenters. The molecule has 1 rings (SSSR count). The molecule has 76 valence electrons. The van der Waals surface area contributed by atoms with Crippen LogP contribution in [0.15, 0.2) is 12.2 Å². The molecule has 0 spiro atoms. The Kier molecular flexibility index (Phi) is 3.90. The van der Waals surface area contributed by atoms with Gasteiger partial charge < -0.3 is 4.74 Å². The van der Waals surface area contributed by atoms with Crippen molar-refractivity contribution in [2.24, 2.45) is 0 Å². The van der Waals surface area contributed by atoms with Crippen LogP contribution in [0.4, 0.5) is 0 Å². The molecule has 1 aliphatic heterocycles. The summed E-state index contributed by atoms with van der Waals surface area (Å²) in [5.41, 5.74) is 0. The van der Waals surface area contributed by atoms with Crippen molar-refractivity contribution in [2.45, 2.75) is 45.0 Å². The standard InChI is InChI=1S/C10H18O3/c1-4-5-6-9-7-8-10(2,11-3)13-12-9/h7-9H,4-6H2,1-3H3/t9-,10+/m0/s1. The first-order valence-corrected chi connectivity index (χ1v) is 4.79. The Morgan fingerprint density at radius 2 is 2.31 bits per heavy atom. The van der Waals surface area contributed by atoms with E-state index in [0.717, 1.165) is 12.8 Å². The molecule has 3 heteroatoms. The zero-order chi connectivity index (χ0) is 9.73. The summed E-state index contributed by atoms with van der Waals surface area (Å²) >= 11 is 0. The fourth-order valence-corrected chi connectivity index (χ4v) is 1.15. The third-order valence-electron chi connectivity index (χ3n) is 2.20. The third kappa shape index (κ3) is 3.10. The van der Waals surface area contributed by atoms with Gasteiger partial charge in [0.1, 0.15) is 6.10 Å². The molecular weight excluding hydrogens is 168 g/mol. The molecule has 0 amide bonds. The van der Waals surface area contributed by atoms with Crippen LogP contribution in [0.25, 0.3) is 0 Å². The van der Waals surface area contributed by atoms with Crippen LogP contribution in [0.3, 0.4) is 0 Å². The lowest BCUT2D eigenvalue weighted by atomic mass is 10.1. The predicted octanol–water partition coefficient (Wildman–Crippen LogP) is 2.43. The quantitative estimate of drug-likeness (QED) is 0.498. The zero-order valence-electron chi connectivity index (χ0n) is 8.58. The highest BCUT2D eigenvalue weighted by Crippen LogP contribution is 2.22. The molecule has 0 aromatic carbocycles. The van der Waals surface area contributed by atoms with Crippen molar-refractivity contribution in [3.8, 4) is 0 Å². The molecule has 0 radical (unpaired) electrons. The second-order valence-electron chi connectivity index (χ2n) is 3.44. The molecule has 0 aromatic rings. The van der Waals surface area contributed by atoms with Gasteiger partial charge in [-0.15, -0.1) is 0 Å². The van der Waals surface area contributed by atoms with E-state index in [2.05, 4.69) is 6.92 Å². The molecular formula is C10H18O3. The van der Waals surface area contributed by atoms with Gasteiger partial charge in [0.2, 0.25) is 5.79 Å². The molecule has 0 saturated carbocycles. The third-order valence-corrected chi connectivity index (χ3v) is 2.20. The molecule has 13 heavy (non-hydrogen) atoms. The molecule has 1 aliphatic rings. The van der Waals surface area contributed by atoms with Crippen LogP contribution >= 0.6 is 0 Å². The van der Waals surface area contributed by atoms with Gasteiger partial charge in [-0.25, -0.2) is 4.89 Å². The molecule has 0 aliphatic carbocycles. The number of methoxy groups -OCH3 is 1. The van der Waals surface area contributed by atoms with Crippen LogP contribution in [0.5, 0.6) is 0 Å². The second kappa shape index (κ2) is 4.74. The Hall–Kier alpha value is -0.380. The fourth-order valence-electron chi connectivity index (χ4n) is 1.15. The van der Waals surface area contributed by atoms with Gasteiger partial charge >= 0.3 is 0 Å². The summed E-state index contributed by atoms with van der Waals surface area (Å²) in [5, 5.41) is 0. The van der Waals surface area contributed by atoms with E-state index >= 15 is 0 Å². The van der Waals surface area contributed by atoms with Crippen molar-refractivity contribution in [3.63, 3.8) is 0 Å². The average Bonchev–Trinajstić information content (AvgIpc) is 2.17. The van der Waals surface area contributed by atoms with Crippen molar-refractivity contribution in [2.75, 3.05) is 7.11 Å². The molecule has 0 bridgehead atoms. The van der Waals surface area contributed by atoms with Gasteiger partial charge in [-0.2, -0.15) is 4.89 Å². The minimum absolute atomic E-state index is 0.0863. The summed E-state index contributed by atoms with van der Waals surface area (Å²) in [4.78, 5) is 10.3. The first-order chi connectivity index (χ1) is 6.20. The highest BCUT2D eigenvalue weighted by Gasteiger charge is 2.28. The van der Waals surface area contributed by atoms with Gasteiger partial charge in [-0.3, -0.25) is 0 Å². The zero-order valence-corrected chi connectivity index (χ0v) is 8.58. The van der Waals surface area contributed by atoms with Gasteiger partial charge in [0.25, 0.3) is 0 Å².